The lowest BCUT2D eigenvalue weighted by Crippen LogP contribution is -2.36. The second-order valence-corrected chi connectivity index (χ2v) is 7.64. The predicted octanol–water partition coefficient (Wildman–Crippen LogP) is 4.35. The van der Waals surface area contributed by atoms with E-state index in [-0.39, 0.29) is 30.3 Å². The molecule has 0 unspecified atom stereocenters. The SMILES string of the molecule is COc1ccc(C)cc1C(=O)CCC(=O)N1CCc2noc(-c3ccc(F)cc3)c2C1. The van der Waals surface area contributed by atoms with Gasteiger partial charge in [0.25, 0.3) is 0 Å². The quantitative estimate of drug-likeness (QED) is 0.553. The number of amides is 1. The van der Waals surface area contributed by atoms with Crippen molar-refractivity contribution in [1.82, 2.24) is 10.1 Å². The van der Waals surface area contributed by atoms with Crippen LogP contribution < -0.4 is 4.74 Å². The molecule has 0 saturated carbocycles. The first-order chi connectivity index (χ1) is 15.0. The maximum absolute atomic E-state index is 13.2. The number of Topliss-reactive ketones (excluding diaryl/α,β-unsaturated/α-hetero) is 1. The number of carbonyl (C=O) groups is 2. The zero-order valence-electron chi connectivity index (χ0n) is 17.5. The molecular formula is C24H23FN2O4. The van der Waals surface area contributed by atoms with Gasteiger partial charge in [0.15, 0.2) is 11.5 Å². The Bertz CT molecular complexity index is 1120. The van der Waals surface area contributed by atoms with Crippen molar-refractivity contribution in [1.29, 1.82) is 0 Å². The Morgan fingerprint density at radius 1 is 1.16 bits per heavy atom. The zero-order valence-corrected chi connectivity index (χ0v) is 17.5. The summed E-state index contributed by atoms with van der Waals surface area (Å²) in [6.45, 7) is 2.78. The fourth-order valence-electron chi connectivity index (χ4n) is 3.81. The molecule has 31 heavy (non-hydrogen) atoms. The van der Waals surface area contributed by atoms with Crippen molar-refractivity contribution in [2.24, 2.45) is 0 Å². The Hall–Kier alpha value is -3.48. The van der Waals surface area contributed by atoms with Gasteiger partial charge in [0.05, 0.1) is 24.9 Å². The standard InChI is InChI=1S/C24H23FN2O4/c1-15-3-9-22(30-2)18(13-15)21(28)8-10-23(29)27-12-11-20-19(14-27)24(31-26-20)16-4-6-17(25)7-5-16/h3-7,9,13H,8,10-12,14H2,1-2H3. The molecule has 1 aliphatic heterocycles. The van der Waals surface area contributed by atoms with E-state index in [1.165, 1.54) is 19.2 Å². The molecule has 2 heterocycles. The Morgan fingerprint density at radius 3 is 2.68 bits per heavy atom. The van der Waals surface area contributed by atoms with Crippen molar-refractivity contribution in [2.45, 2.75) is 32.7 Å². The number of benzene rings is 2. The number of hydrogen-bond donors (Lipinski definition) is 0. The van der Waals surface area contributed by atoms with Crippen LogP contribution in [0.25, 0.3) is 11.3 Å². The van der Waals surface area contributed by atoms with Crippen LogP contribution in [0.3, 0.4) is 0 Å². The van der Waals surface area contributed by atoms with Crippen LogP contribution in [-0.2, 0) is 17.8 Å². The molecule has 1 amide bonds. The number of aryl methyl sites for hydroxylation is 1. The monoisotopic (exact) mass is 422 g/mol. The summed E-state index contributed by atoms with van der Waals surface area (Å²) in [5.41, 5.74) is 3.81. The average Bonchev–Trinajstić information content (AvgIpc) is 3.21. The van der Waals surface area contributed by atoms with Crippen molar-refractivity contribution >= 4 is 11.7 Å². The van der Waals surface area contributed by atoms with Gasteiger partial charge in [0.2, 0.25) is 5.91 Å². The van der Waals surface area contributed by atoms with Crippen LogP contribution in [-0.4, -0.2) is 35.4 Å². The van der Waals surface area contributed by atoms with Crippen LogP contribution in [0.15, 0.2) is 47.0 Å². The number of ether oxygens (including phenoxy) is 1. The molecule has 0 saturated heterocycles. The highest BCUT2D eigenvalue weighted by molar-refractivity contribution is 6.00. The first-order valence-electron chi connectivity index (χ1n) is 10.1. The largest absolute Gasteiger partial charge is 0.496 e. The number of ketones is 1. The lowest BCUT2D eigenvalue weighted by Gasteiger charge is -2.26. The van der Waals surface area contributed by atoms with Crippen molar-refractivity contribution in [2.75, 3.05) is 13.7 Å². The van der Waals surface area contributed by atoms with E-state index in [4.69, 9.17) is 9.26 Å². The Kier molecular flexibility index (Phi) is 5.84. The number of hydrogen-bond acceptors (Lipinski definition) is 5. The maximum Gasteiger partial charge on any atom is 0.223 e. The molecular weight excluding hydrogens is 399 g/mol. The second-order valence-electron chi connectivity index (χ2n) is 7.64. The third-order valence-electron chi connectivity index (χ3n) is 5.52. The van der Waals surface area contributed by atoms with Crippen LogP contribution in [0.2, 0.25) is 0 Å². The van der Waals surface area contributed by atoms with E-state index >= 15 is 0 Å². The van der Waals surface area contributed by atoms with Crippen molar-refractivity contribution in [3.8, 4) is 17.1 Å². The van der Waals surface area contributed by atoms with E-state index in [0.717, 1.165) is 16.8 Å². The van der Waals surface area contributed by atoms with Crippen LogP contribution in [0.1, 0.15) is 40.0 Å². The molecule has 0 N–H and O–H groups in total. The van der Waals surface area contributed by atoms with Gasteiger partial charge in [-0.15, -0.1) is 0 Å². The smallest absolute Gasteiger partial charge is 0.223 e. The zero-order chi connectivity index (χ0) is 22.0. The highest BCUT2D eigenvalue weighted by atomic mass is 19.1. The molecule has 6 nitrogen and oxygen atoms in total. The van der Waals surface area contributed by atoms with Gasteiger partial charge in [-0.2, -0.15) is 0 Å². The Morgan fingerprint density at radius 2 is 1.94 bits per heavy atom. The predicted molar refractivity (Wildman–Crippen MR) is 112 cm³/mol. The first-order valence-corrected chi connectivity index (χ1v) is 10.1. The summed E-state index contributed by atoms with van der Waals surface area (Å²) < 4.78 is 24.0. The van der Waals surface area contributed by atoms with Crippen molar-refractivity contribution in [3.63, 3.8) is 0 Å². The van der Waals surface area contributed by atoms with Crippen molar-refractivity contribution in [3.05, 3.63) is 70.7 Å². The van der Waals surface area contributed by atoms with E-state index < -0.39 is 0 Å². The summed E-state index contributed by atoms with van der Waals surface area (Å²) in [5.74, 6) is 0.511. The number of rotatable bonds is 6. The minimum absolute atomic E-state index is 0.100. The Balaban J connectivity index is 1.44. The van der Waals surface area contributed by atoms with E-state index in [1.807, 2.05) is 13.0 Å². The van der Waals surface area contributed by atoms with E-state index in [9.17, 15) is 14.0 Å². The number of carbonyl (C=O) groups excluding carboxylic acids is 2. The second kappa shape index (κ2) is 8.71. The normalized spacial score (nSPS) is 13.1. The fraction of sp³-hybridized carbons (Fsp3) is 0.292. The molecule has 0 aliphatic carbocycles. The van der Waals surface area contributed by atoms with E-state index in [2.05, 4.69) is 5.16 Å². The van der Waals surface area contributed by atoms with Crippen molar-refractivity contribution < 1.29 is 23.2 Å². The fourth-order valence-corrected chi connectivity index (χ4v) is 3.81. The Labute approximate surface area is 179 Å². The lowest BCUT2D eigenvalue weighted by atomic mass is 10.00. The van der Waals surface area contributed by atoms with Gasteiger partial charge in [-0.1, -0.05) is 16.8 Å². The summed E-state index contributed by atoms with van der Waals surface area (Å²) in [7, 11) is 1.52. The van der Waals surface area contributed by atoms with Crippen LogP contribution in [0.4, 0.5) is 4.39 Å². The average molecular weight is 422 g/mol. The molecule has 0 radical (unpaired) electrons. The highest BCUT2D eigenvalue weighted by Crippen LogP contribution is 2.31. The minimum atomic E-state index is -0.330. The topological polar surface area (TPSA) is 72.6 Å². The number of halogens is 1. The number of aromatic nitrogens is 1. The number of nitrogens with zero attached hydrogens (tertiary/aromatic N) is 2. The summed E-state index contributed by atoms with van der Waals surface area (Å²) in [5, 5.41) is 4.12. The summed E-state index contributed by atoms with van der Waals surface area (Å²) in [6, 6.07) is 11.4. The number of methoxy groups -OCH3 is 1. The summed E-state index contributed by atoms with van der Waals surface area (Å²) in [6.07, 6.45) is 0.796. The number of fused-ring (bicyclic) bond motifs is 1. The van der Waals surface area contributed by atoms with Crippen LogP contribution >= 0.6 is 0 Å². The molecule has 0 spiro atoms. The molecule has 4 rings (SSSR count). The maximum atomic E-state index is 13.2. The third kappa shape index (κ3) is 4.35. The molecule has 1 aliphatic rings. The summed E-state index contributed by atoms with van der Waals surface area (Å²) in [4.78, 5) is 27.2. The van der Waals surface area contributed by atoms with Gasteiger partial charge < -0.3 is 14.2 Å². The van der Waals surface area contributed by atoms with Gasteiger partial charge in [0.1, 0.15) is 11.6 Å². The van der Waals surface area contributed by atoms with Crippen LogP contribution in [0.5, 0.6) is 5.75 Å². The molecule has 1 aromatic heterocycles. The van der Waals surface area contributed by atoms with Gasteiger partial charge >= 0.3 is 0 Å². The molecule has 0 fully saturated rings. The first kappa shape index (κ1) is 20.8. The van der Waals surface area contributed by atoms with Gasteiger partial charge in [-0.3, -0.25) is 9.59 Å². The lowest BCUT2D eigenvalue weighted by molar-refractivity contribution is -0.132. The molecule has 2 aromatic carbocycles. The molecule has 160 valence electrons. The third-order valence-corrected chi connectivity index (χ3v) is 5.52. The summed E-state index contributed by atoms with van der Waals surface area (Å²) >= 11 is 0. The highest BCUT2D eigenvalue weighted by Gasteiger charge is 2.28. The van der Waals surface area contributed by atoms with Crippen LogP contribution in [0, 0.1) is 12.7 Å². The van der Waals surface area contributed by atoms with Gasteiger partial charge in [-0.25, -0.2) is 4.39 Å². The minimum Gasteiger partial charge on any atom is -0.496 e. The molecule has 0 bridgehead atoms. The molecule has 7 heteroatoms. The van der Waals surface area contributed by atoms with E-state index in [0.29, 0.717) is 42.1 Å². The van der Waals surface area contributed by atoms with Gasteiger partial charge in [0, 0.05) is 36.9 Å². The van der Waals surface area contributed by atoms with Gasteiger partial charge in [-0.05, 0) is 43.3 Å². The molecule has 3 aromatic rings. The molecule has 0 atom stereocenters. The van der Waals surface area contributed by atoms with E-state index in [1.54, 1.807) is 29.2 Å².